The lowest BCUT2D eigenvalue weighted by molar-refractivity contribution is -0.351. The molecule has 0 atom stereocenters. The van der Waals surface area contributed by atoms with E-state index in [0.29, 0.717) is 30.8 Å². The number of halogens is 4. The normalized spacial score (nSPS) is 14.1. The van der Waals surface area contributed by atoms with E-state index in [9.17, 15) is 13.2 Å². The van der Waals surface area contributed by atoms with E-state index in [-0.39, 0.29) is 6.42 Å². The fourth-order valence-electron chi connectivity index (χ4n) is 3.30. The van der Waals surface area contributed by atoms with Crippen molar-refractivity contribution in [1.29, 1.82) is 0 Å². The average Bonchev–Trinajstić information content (AvgIpc) is 2.88. The summed E-state index contributed by atoms with van der Waals surface area (Å²) in [6, 6.07) is 5.53. The number of nitrogens with one attached hydrogen (secondary N) is 1. The molecule has 8 heteroatoms. The van der Waals surface area contributed by atoms with Crippen molar-refractivity contribution >= 4 is 34.3 Å². The number of hydrogen-bond acceptors (Lipinski definition) is 4. The molecule has 0 bridgehead atoms. The molecule has 29 heavy (non-hydrogen) atoms. The fraction of sp³-hybridized carbons (Fsp3) is 0.381. The summed E-state index contributed by atoms with van der Waals surface area (Å²) in [7, 11) is 0. The summed E-state index contributed by atoms with van der Waals surface area (Å²) >= 11 is 6.42. The number of pyridine rings is 1. The van der Waals surface area contributed by atoms with Crippen LogP contribution in [0.4, 0.5) is 18.9 Å². The number of hydrogen-bond donors (Lipinski definition) is 3. The van der Waals surface area contributed by atoms with Crippen LogP contribution < -0.4 is 5.32 Å². The van der Waals surface area contributed by atoms with Crippen molar-refractivity contribution < 1.29 is 23.4 Å². The summed E-state index contributed by atoms with van der Waals surface area (Å²) in [6.45, 7) is 0.508. The summed E-state index contributed by atoms with van der Waals surface area (Å²) in [5.74, 6) is -3.63. The molecule has 0 radical (unpaired) electrons. The first-order valence-corrected chi connectivity index (χ1v) is 9.78. The van der Waals surface area contributed by atoms with Gasteiger partial charge in [-0.2, -0.15) is 13.2 Å². The predicted octanol–water partition coefficient (Wildman–Crippen LogP) is 5.23. The highest BCUT2D eigenvalue weighted by Gasteiger charge is 2.52. The molecule has 3 N–H and O–H groups in total. The minimum Gasteiger partial charge on any atom is -0.384 e. The molecule has 2 aromatic rings. The highest BCUT2D eigenvalue weighted by molar-refractivity contribution is 6.36. The van der Waals surface area contributed by atoms with Gasteiger partial charge in [0.05, 0.1) is 21.9 Å². The average molecular weight is 427 g/mol. The van der Waals surface area contributed by atoms with Crippen LogP contribution in [-0.4, -0.2) is 33.7 Å². The van der Waals surface area contributed by atoms with Gasteiger partial charge >= 0.3 is 6.18 Å². The van der Waals surface area contributed by atoms with E-state index in [1.54, 1.807) is 6.07 Å². The lowest BCUT2D eigenvalue weighted by atomic mass is 10.0. The van der Waals surface area contributed by atoms with E-state index >= 15 is 0 Å². The molecule has 0 amide bonds. The third kappa shape index (κ3) is 4.91. The van der Waals surface area contributed by atoms with Crippen LogP contribution in [0.2, 0.25) is 5.02 Å². The summed E-state index contributed by atoms with van der Waals surface area (Å²) in [4.78, 5) is 4.72. The zero-order valence-corrected chi connectivity index (χ0v) is 16.4. The number of aliphatic hydroxyl groups is 2. The van der Waals surface area contributed by atoms with Crippen molar-refractivity contribution in [2.45, 2.75) is 44.1 Å². The Balaban J connectivity index is 1.70. The van der Waals surface area contributed by atoms with Crippen LogP contribution in [0, 0.1) is 0 Å². The predicted molar refractivity (Wildman–Crippen MR) is 109 cm³/mol. The van der Waals surface area contributed by atoms with Gasteiger partial charge in [0, 0.05) is 30.3 Å². The number of rotatable bonds is 7. The minimum atomic E-state index is -5.05. The third-order valence-electron chi connectivity index (χ3n) is 4.86. The quantitative estimate of drug-likeness (QED) is 0.419. The Morgan fingerprint density at radius 3 is 2.66 bits per heavy atom. The van der Waals surface area contributed by atoms with Gasteiger partial charge in [-0.1, -0.05) is 48.4 Å². The van der Waals surface area contributed by atoms with E-state index < -0.39 is 18.4 Å². The van der Waals surface area contributed by atoms with Crippen molar-refractivity contribution in [3.05, 3.63) is 52.7 Å². The Morgan fingerprint density at radius 2 is 1.90 bits per heavy atom. The van der Waals surface area contributed by atoms with Crippen LogP contribution in [-0.2, 0) is 6.42 Å². The van der Waals surface area contributed by atoms with Gasteiger partial charge in [0.1, 0.15) is 0 Å². The Hall–Kier alpha value is -2.09. The summed E-state index contributed by atoms with van der Waals surface area (Å²) in [6.07, 6.45) is 3.80. The van der Waals surface area contributed by atoms with Crippen LogP contribution in [0.15, 0.2) is 36.4 Å². The number of nitrogens with zero attached hydrogens (tertiary/aromatic N) is 1. The number of anilines is 1. The topological polar surface area (TPSA) is 65.4 Å². The molecule has 3 rings (SSSR count). The van der Waals surface area contributed by atoms with Crippen LogP contribution in [0.1, 0.15) is 36.9 Å². The standard InChI is InChI=1S/C21H22ClF3N2O2/c22-15-9-7-11-17-18(15)19(14-8-3-1-4-10-16(14)27-17)26-13-6-2-5-12-20(28,29)21(23,24)25/h1,3-4,7-9,11,28-29H,2,5-6,10,12-13H2,(H,26,27). The van der Waals surface area contributed by atoms with Crippen LogP contribution >= 0.6 is 11.6 Å². The number of alkyl halides is 3. The SMILES string of the molecule is OC(O)(CCCCCNc1c2c(nc3cccc(Cl)c13)CC=CC=C2)C(F)(F)F. The maximum Gasteiger partial charge on any atom is 0.442 e. The molecule has 1 aliphatic rings. The van der Waals surface area contributed by atoms with Crippen molar-refractivity contribution in [2.75, 3.05) is 11.9 Å². The van der Waals surface area contributed by atoms with Crippen LogP contribution in [0.25, 0.3) is 17.0 Å². The molecule has 0 saturated heterocycles. The molecule has 0 spiro atoms. The van der Waals surface area contributed by atoms with Gasteiger partial charge in [-0.15, -0.1) is 0 Å². The number of unbranched alkanes of at least 4 members (excludes halogenated alkanes) is 2. The minimum absolute atomic E-state index is 0.0496. The lowest BCUT2D eigenvalue weighted by Crippen LogP contribution is -2.44. The Kier molecular flexibility index (Phi) is 6.51. The van der Waals surface area contributed by atoms with Gasteiger partial charge in [0.15, 0.2) is 0 Å². The first kappa shape index (κ1) is 21.6. The molecule has 0 saturated carbocycles. The number of fused-ring (bicyclic) bond motifs is 2. The first-order chi connectivity index (χ1) is 13.7. The Labute approximate surface area is 171 Å². The lowest BCUT2D eigenvalue weighted by Gasteiger charge is -2.24. The summed E-state index contributed by atoms with van der Waals surface area (Å²) in [5.41, 5.74) is 3.49. The smallest absolute Gasteiger partial charge is 0.384 e. The zero-order valence-electron chi connectivity index (χ0n) is 15.6. The first-order valence-electron chi connectivity index (χ1n) is 9.40. The van der Waals surface area contributed by atoms with E-state index in [1.807, 2.05) is 36.4 Å². The maximum atomic E-state index is 12.5. The second kappa shape index (κ2) is 8.73. The largest absolute Gasteiger partial charge is 0.442 e. The Morgan fingerprint density at radius 1 is 1.10 bits per heavy atom. The fourth-order valence-corrected chi connectivity index (χ4v) is 3.56. The van der Waals surface area contributed by atoms with Gasteiger partial charge in [-0.3, -0.25) is 4.98 Å². The van der Waals surface area contributed by atoms with Gasteiger partial charge in [-0.05, 0) is 25.0 Å². The highest BCUT2D eigenvalue weighted by atomic mass is 35.5. The monoisotopic (exact) mass is 426 g/mol. The van der Waals surface area contributed by atoms with Crippen LogP contribution in [0.3, 0.4) is 0 Å². The molecule has 0 aliphatic heterocycles. The second-order valence-corrected chi connectivity index (χ2v) is 7.43. The van der Waals surface area contributed by atoms with E-state index in [0.717, 1.165) is 27.8 Å². The van der Waals surface area contributed by atoms with Crippen LogP contribution in [0.5, 0.6) is 0 Å². The van der Waals surface area contributed by atoms with Crippen molar-refractivity contribution in [1.82, 2.24) is 4.98 Å². The Bertz CT molecular complexity index is 940. The third-order valence-corrected chi connectivity index (χ3v) is 5.17. The molecule has 156 valence electrons. The summed E-state index contributed by atoms with van der Waals surface area (Å²) in [5, 5.41) is 22.9. The van der Waals surface area contributed by atoms with Crippen molar-refractivity contribution in [3.8, 4) is 0 Å². The molecule has 1 aromatic heterocycles. The number of allylic oxidation sites excluding steroid dienone is 3. The van der Waals surface area contributed by atoms with Gasteiger partial charge in [0.25, 0.3) is 5.79 Å². The zero-order chi connectivity index (χ0) is 21.1. The maximum absolute atomic E-state index is 12.5. The molecule has 1 aromatic carbocycles. The molecule has 4 nitrogen and oxygen atoms in total. The van der Waals surface area contributed by atoms with Crippen molar-refractivity contribution in [3.63, 3.8) is 0 Å². The van der Waals surface area contributed by atoms with Gasteiger partial charge < -0.3 is 15.5 Å². The highest BCUT2D eigenvalue weighted by Crippen LogP contribution is 2.36. The number of benzene rings is 1. The van der Waals surface area contributed by atoms with E-state index in [2.05, 4.69) is 5.32 Å². The van der Waals surface area contributed by atoms with Gasteiger partial charge in [-0.25, -0.2) is 0 Å². The van der Waals surface area contributed by atoms with E-state index in [4.69, 9.17) is 26.8 Å². The second-order valence-electron chi connectivity index (χ2n) is 7.02. The number of aromatic nitrogens is 1. The molecule has 0 unspecified atom stereocenters. The molecular weight excluding hydrogens is 405 g/mol. The molecule has 1 heterocycles. The van der Waals surface area contributed by atoms with Gasteiger partial charge in [0.2, 0.25) is 0 Å². The molecule has 1 aliphatic carbocycles. The molecule has 0 fully saturated rings. The van der Waals surface area contributed by atoms with E-state index in [1.165, 1.54) is 0 Å². The van der Waals surface area contributed by atoms with Crippen molar-refractivity contribution in [2.24, 2.45) is 0 Å². The molecular formula is C21H22ClF3N2O2. The summed E-state index contributed by atoms with van der Waals surface area (Å²) < 4.78 is 37.4.